The third-order valence-electron chi connectivity index (χ3n) is 5.86. The van der Waals surface area contributed by atoms with Crippen molar-refractivity contribution in [3.8, 4) is 0 Å². The monoisotopic (exact) mass is 365 g/mol. The molecular formula is C21H35NO4. The first-order chi connectivity index (χ1) is 11.8. The minimum atomic E-state index is -0.778. The molecule has 0 spiro atoms. The van der Waals surface area contributed by atoms with Crippen LogP contribution in [0.3, 0.4) is 0 Å². The van der Waals surface area contributed by atoms with E-state index in [1.165, 1.54) is 5.57 Å². The summed E-state index contributed by atoms with van der Waals surface area (Å²) in [5.74, 6) is -0.582. The number of carboxylic acid groups (broad SMARTS) is 1. The Morgan fingerprint density at radius 2 is 1.92 bits per heavy atom. The zero-order chi connectivity index (χ0) is 19.9. The lowest BCUT2D eigenvalue weighted by atomic mass is 9.46. The second kappa shape index (κ2) is 6.90. The lowest BCUT2D eigenvalue weighted by Crippen LogP contribution is -2.61. The molecule has 5 heteroatoms. The first-order valence-electron chi connectivity index (χ1n) is 9.69. The number of hydrogen-bond acceptors (Lipinski definition) is 3. The summed E-state index contributed by atoms with van der Waals surface area (Å²) in [6.45, 7) is 13.9. The van der Waals surface area contributed by atoms with E-state index >= 15 is 0 Å². The van der Waals surface area contributed by atoms with Gasteiger partial charge in [0.05, 0.1) is 5.92 Å². The van der Waals surface area contributed by atoms with Crippen molar-refractivity contribution in [2.45, 2.75) is 73.3 Å². The summed E-state index contributed by atoms with van der Waals surface area (Å²) < 4.78 is 5.37. The number of allylic oxidation sites excluding steroid dienone is 2. The van der Waals surface area contributed by atoms with E-state index in [0.717, 1.165) is 19.3 Å². The van der Waals surface area contributed by atoms with Crippen molar-refractivity contribution in [3.63, 3.8) is 0 Å². The van der Waals surface area contributed by atoms with Gasteiger partial charge in [0.2, 0.25) is 0 Å². The Morgan fingerprint density at radius 1 is 1.31 bits per heavy atom. The maximum absolute atomic E-state index is 12.2. The van der Waals surface area contributed by atoms with Gasteiger partial charge in [0, 0.05) is 12.0 Å². The molecule has 1 fully saturated rings. The zero-order valence-electron chi connectivity index (χ0n) is 17.3. The molecule has 2 aliphatic rings. The highest BCUT2D eigenvalue weighted by Crippen LogP contribution is 2.64. The fraction of sp³-hybridized carbons (Fsp3) is 0.810. The van der Waals surface area contributed by atoms with Crippen molar-refractivity contribution in [1.82, 2.24) is 5.32 Å². The Labute approximate surface area is 157 Å². The SMILES string of the molecule is CCC1=C[C@@H]2[C@@H](C1)C[C@]2(CNC(=O)OC(C)(C)C)C(C(=O)O)C(C)(C)C. The summed E-state index contributed by atoms with van der Waals surface area (Å²) in [6.07, 6.45) is 4.71. The number of carbonyl (C=O) groups is 2. The van der Waals surface area contributed by atoms with Crippen LogP contribution in [0.15, 0.2) is 11.6 Å². The molecule has 0 aromatic heterocycles. The highest BCUT2D eigenvalue weighted by molar-refractivity contribution is 5.73. The van der Waals surface area contributed by atoms with Gasteiger partial charge < -0.3 is 15.2 Å². The number of alkyl carbamates (subject to hydrolysis) is 1. The van der Waals surface area contributed by atoms with Gasteiger partial charge in [-0.2, -0.15) is 0 Å². The van der Waals surface area contributed by atoms with Crippen molar-refractivity contribution in [2.75, 3.05) is 6.54 Å². The fourth-order valence-corrected chi connectivity index (χ4v) is 5.11. The number of amides is 1. The van der Waals surface area contributed by atoms with E-state index in [-0.39, 0.29) is 5.92 Å². The summed E-state index contributed by atoms with van der Waals surface area (Å²) in [4.78, 5) is 24.4. The van der Waals surface area contributed by atoms with E-state index in [9.17, 15) is 14.7 Å². The second-order valence-corrected chi connectivity index (χ2v) is 10.1. The Kier molecular flexibility index (Phi) is 5.51. The molecular weight excluding hydrogens is 330 g/mol. The fourth-order valence-electron chi connectivity index (χ4n) is 5.11. The van der Waals surface area contributed by atoms with Gasteiger partial charge in [-0.3, -0.25) is 4.79 Å². The van der Waals surface area contributed by atoms with Crippen molar-refractivity contribution in [1.29, 1.82) is 0 Å². The summed E-state index contributed by atoms with van der Waals surface area (Å²) in [5, 5.41) is 12.9. The molecule has 0 bridgehead atoms. The summed E-state index contributed by atoms with van der Waals surface area (Å²) in [5.41, 5.74) is -0.00651. The molecule has 1 amide bonds. The number of carboxylic acids is 1. The zero-order valence-corrected chi connectivity index (χ0v) is 17.3. The Bertz CT molecular complexity index is 596. The standard InChI is InChI=1S/C21H35NO4/c1-8-13-9-14-11-21(15(14)10-13,16(17(23)24)19(2,3)4)12-22-18(25)26-20(5,6)7/h10,14-16H,8-9,11-12H2,1-7H3,(H,22,25)(H,23,24)/t14-,15+,16?,21+/m0/s1. The normalized spacial score (nSPS) is 29.3. The second-order valence-electron chi connectivity index (χ2n) is 10.1. The van der Waals surface area contributed by atoms with Gasteiger partial charge in [0.15, 0.2) is 0 Å². The molecule has 5 nitrogen and oxygen atoms in total. The van der Waals surface area contributed by atoms with Crippen LogP contribution in [0.5, 0.6) is 0 Å². The molecule has 2 N–H and O–H groups in total. The first kappa shape index (κ1) is 20.8. The lowest BCUT2D eigenvalue weighted by molar-refractivity contribution is -0.167. The van der Waals surface area contributed by atoms with Gasteiger partial charge in [0.25, 0.3) is 0 Å². The largest absolute Gasteiger partial charge is 0.481 e. The first-order valence-corrected chi connectivity index (χ1v) is 9.69. The van der Waals surface area contributed by atoms with E-state index in [2.05, 4.69) is 18.3 Å². The molecule has 4 atom stereocenters. The van der Waals surface area contributed by atoms with Crippen LogP contribution in [-0.2, 0) is 9.53 Å². The molecule has 0 radical (unpaired) electrons. The number of rotatable bonds is 5. The van der Waals surface area contributed by atoms with Gasteiger partial charge in [-0.05, 0) is 57.3 Å². The average molecular weight is 366 g/mol. The van der Waals surface area contributed by atoms with E-state index in [0.29, 0.717) is 12.5 Å². The van der Waals surface area contributed by atoms with E-state index in [4.69, 9.17) is 4.74 Å². The highest BCUT2D eigenvalue weighted by Gasteiger charge is 2.62. The summed E-state index contributed by atoms with van der Waals surface area (Å²) in [6, 6.07) is 0. The van der Waals surface area contributed by atoms with Crippen LogP contribution in [-0.4, -0.2) is 29.3 Å². The lowest BCUT2D eigenvalue weighted by Gasteiger charge is -2.58. The minimum Gasteiger partial charge on any atom is -0.481 e. The van der Waals surface area contributed by atoms with Crippen LogP contribution < -0.4 is 5.32 Å². The predicted molar refractivity (Wildman–Crippen MR) is 102 cm³/mol. The van der Waals surface area contributed by atoms with E-state index < -0.39 is 34.4 Å². The van der Waals surface area contributed by atoms with Crippen LogP contribution in [0.2, 0.25) is 0 Å². The molecule has 1 unspecified atom stereocenters. The van der Waals surface area contributed by atoms with Crippen molar-refractivity contribution in [2.24, 2.45) is 28.6 Å². The Hall–Kier alpha value is -1.52. The molecule has 0 heterocycles. The molecule has 0 aliphatic heterocycles. The topological polar surface area (TPSA) is 75.6 Å². The van der Waals surface area contributed by atoms with Gasteiger partial charge in [0.1, 0.15) is 5.60 Å². The molecule has 26 heavy (non-hydrogen) atoms. The number of ether oxygens (including phenoxy) is 1. The average Bonchev–Trinajstić information content (AvgIpc) is 2.77. The molecule has 0 saturated heterocycles. The third-order valence-corrected chi connectivity index (χ3v) is 5.86. The predicted octanol–water partition coefficient (Wildman–Crippen LogP) is 4.62. The van der Waals surface area contributed by atoms with Crippen LogP contribution in [0, 0.1) is 28.6 Å². The molecule has 0 aromatic carbocycles. The van der Waals surface area contributed by atoms with Crippen molar-refractivity contribution >= 4 is 12.1 Å². The number of carbonyl (C=O) groups excluding carboxylic acids is 1. The van der Waals surface area contributed by atoms with Gasteiger partial charge >= 0.3 is 12.1 Å². The van der Waals surface area contributed by atoms with Crippen LogP contribution >= 0.6 is 0 Å². The maximum atomic E-state index is 12.2. The molecule has 148 valence electrons. The number of fused-ring (bicyclic) bond motifs is 1. The molecule has 0 aromatic rings. The smallest absolute Gasteiger partial charge is 0.407 e. The highest BCUT2D eigenvalue weighted by atomic mass is 16.6. The van der Waals surface area contributed by atoms with E-state index in [1.807, 2.05) is 41.5 Å². The van der Waals surface area contributed by atoms with Crippen LogP contribution in [0.4, 0.5) is 4.79 Å². The number of nitrogens with one attached hydrogen (secondary N) is 1. The minimum absolute atomic E-state index is 0.215. The van der Waals surface area contributed by atoms with Crippen molar-refractivity contribution in [3.05, 3.63) is 11.6 Å². The summed E-state index contributed by atoms with van der Waals surface area (Å²) >= 11 is 0. The summed E-state index contributed by atoms with van der Waals surface area (Å²) in [7, 11) is 0. The number of hydrogen-bond donors (Lipinski definition) is 2. The molecule has 2 aliphatic carbocycles. The van der Waals surface area contributed by atoms with Crippen LogP contribution in [0.25, 0.3) is 0 Å². The molecule has 1 saturated carbocycles. The molecule has 2 rings (SSSR count). The maximum Gasteiger partial charge on any atom is 0.407 e. The van der Waals surface area contributed by atoms with Gasteiger partial charge in [-0.25, -0.2) is 4.79 Å². The Morgan fingerprint density at radius 3 is 2.38 bits per heavy atom. The van der Waals surface area contributed by atoms with Gasteiger partial charge in [-0.1, -0.05) is 39.3 Å². The van der Waals surface area contributed by atoms with Crippen molar-refractivity contribution < 1.29 is 19.4 Å². The number of aliphatic carboxylic acids is 1. The third kappa shape index (κ3) is 4.07. The quantitative estimate of drug-likeness (QED) is 0.697. The van der Waals surface area contributed by atoms with Gasteiger partial charge in [-0.15, -0.1) is 0 Å². The van der Waals surface area contributed by atoms with E-state index in [1.54, 1.807) is 0 Å². The van der Waals surface area contributed by atoms with Crippen LogP contribution in [0.1, 0.15) is 67.7 Å². The Balaban J connectivity index is 2.28.